The number of ether oxygens (including phenoxy) is 1. The molecular formula is C21H15N3O4. The molecule has 0 aliphatic carbocycles. The minimum atomic E-state index is -0.479. The van der Waals surface area contributed by atoms with Crippen molar-refractivity contribution >= 4 is 33.7 Å². The molecule has 0 fully saturated rings. The van der Waals surface area contributed by atoms with Gasteiger partial charge in [0, 0.05) is 23.7 Å². The third kappa shape index (κ3) is 2.40. The smallest absolute Gasteiger partial charge is 0.354 e. The first-order chi connectivity index (χ1) is 13.7. The summed E-state index contributed by atoms with van der Waals surface area (Å²) in [5, 5.41) is 0.880. The molecule has 0 saturated heterocycles. The molecule has 5 rings (SSSR count). The number of benzene rings is 1. The van der Waals surface area contributed by atoms with E-state index < -0.39 is 5.97 Å². The van der Waals surface area contributed by atoms with E-state index in [1.807, 2.05) is 30.3 Å². The molecule has 4 aromatic heterocycles. The zero-order valence-corrected chi connectivity index (χ0v) is 15.0. The fourth-order valence-electron chi connectivity index (χ4n) is 3.53. The molecule has 0 amide bonds. The van der Waals surface area contributed by atoms with Gasteiger partial charge in [-0.25, -0.2) is 9.78 Å². The highest BCUT2D eigenvalue weighted by Crippen LogP contribution is 2.32. The fourth-order valence-corrected chi connectivity index (χ4v) is 3.53. The van der Waals surface area contributed by atoms with Crippen LogP contribution in [0.2, 0.25) is 0 Å². The second-order valence-corrected chi connectivity index (χ2v) is 6.43. The first-order valence-electron chi connectivity index (χ1n) is 8.72. The van der Waals surface area contributed by atoms with E-state index in [2.05, 4.69) is 4.98 Å². The lowest BCUT2D eigenvalue weighted by Crippen LogP contribution is -2.18. The number of fused-ring (bicyclic) bond motifs is 4. The van der Waals surface area contributed by atoms with Gasteiger partial charge in [-0.05, 0) is 24.3 Å². The summed E-state index contributed by atoms with van der Waals surface area (Å²) in [6.45, 7) is 0.234. The number of esters is 1. The molecule has 0 spiro atoms. The van der Waals surface area contributed by atoms with Gasteiger partial charge in [0.25, 0.3) is 5.56 Å². The lowest BCUT2D eigenvalue weighted by molar-refractivity contribution is 0.0589. The molecule has 7 heteroatoms. The van der Waals surface area contributed by atoms with Crippen molar-refractivity contribution in [1.29, 1.82) is 0 Å². The van der Waals surface area contributed by atoms with Crippen LogP contribution in [0.1, 0.15) is 16.2 Å². The summed E-state index contributed by atoms with van der Waals surface area (Å²) in [5.74, 6) is -0.479. The van der Waals surface area contributed by atoms with Gasteiger partial charge in [0.2, 0.25) is 0 Å². The van der Waals surface area contributed by atoms with Crippen LogP contribution < -0.4 is 5.56 Å². The van der Waals surface area contributed by atoms with E-state index in [0.29, 0.717) is 22.6 Å². The SMILES string of the molecule is COC(=O)c1cc2oc3ccccc3c2n1Cc1cc(=O)n2ccccc2n1. The van der Waals surface area contributed by atoms with E-state index in [1.54, 1.807) is 29.0 Å². The molecule has 0 radical (unpaired) electrons. The molecule has 138 valence electrons. The third-order valence-corrected chi connectivity index (χ3v) is 4.76. The van der Waals surface area contributed by atoms with Crippen molar-refractivity contribution in [3.63, 3.8) is 0 Å². The average Bonchev–Trinajstić information content (AvgIpc) is 3.24. The Balaban J connectivity index is 1.75. The summed E-state index contributed by atoms with van der Waals surface area (Å²) in [6.07, 6.45) is 1.67. The minimum absolute atomic E-state index is 0.180. The minimum Gasteiger partial charge on any atom is -0.464 e. The summed E-state index contributed by atoms with van der Waals surface area (Å²) in [4.78, 5) is 29.3. The Kier molecular flexibility index (Phi) is 3.55. The Labute approximate surface area is 158 Å². The molecular weight excluding hydrogens is 358 g/mol. The maximum atomic E-state index is 12.4. The third-order valence-electron chi connectivity index (χ3n) is 4.76. The molecule has 4 heterocycles. The van der Waals surface area contributed by atoms with Crippen LogP contribution in [-0.4, -0.2) is 27.0 Å². The fraction of sp³-hybridized carbons (Fsp3) is 0.0952. The van der Waals surface area contributed by atoms with Gasteiger partial charge < -0.3 is 13.7 Å². The van der Waals surface area contributed by atoms with Crippen molar-refractivity contribution in [3.05, 3.63) is 82.5 Å². The molecule has 5 aromatic rings. The number of nitrogens with zero attached hydrogens (tertiary/aromatic N) is 3. The average molecular weight is 373 g/mol. The van der Waals surface area contributed by atoms with Gasteiger partial charge in [0.05, 0.1) is 24.9 Å². The number of pyridine rings is 1. The molecule has 28 heavy (non-hydrogen) atoms. The summed E-state index contributed by atoms with van der Waals surface area (Å²) in [6, 6.07) is 16.1. The van der Waals surface area contributed by atoms with Crippen LogP contribution in [0, 0.1) is 0 Å². The summed E-state index contributed by atoms with van der Waals surface area (Å²) in [7, 11) is 1.33. The van der Waals surface area contributed by atoms with Crippen LogP contribution in [-0.2, 0) is 11.3 Å². The topological polar surface area (TPSA) is 78.7 Å². The highest BCUT2D eigenvalue weighted by atomic mass is 16.5. The van der Waals surface area contributed by atoms with Crippen LogP contribution in [0.15, 0.2) is 70.0 Å². The van der Waals surface area contributed by atoms with E-state index in [0.717, 1.165) is 16.5 Å². The summed E-state index contributed by atoms with van der Waals surface area (Å²) in [5.41, 5.74) is 3.33. The Morgan fingerprint density at radius 1 is 1.11 bits per heavy atom. The van der Waals surface area contributed by atoms with Crippen molar-refractivity contribution in [3.8, 4) is 0 Å². The van der Waals surface area contributed by atoms with Crippen LogP contribution in [0.5, 0.6) is 0 Å². The quantitative estimate of drug-likeness (QED) is 0.454. The van der Waals surface area contributed by atoms with E-state index in [9.17, 15) is 9.59 Å². The standard InChI is InChI=1S/C21H15N3O4/c1-27-21(26)15-11-17-20(14-6-2-3-7-16(14)28-17)24(15)12-13-10-19(25)23-9-5-4-8-18(23)22-13/h2-11H,12H2,1H3. The van der Waals surface area contributed by atoms with Crippen molar-refractivity contribution in [2.45, 2.75) is 6.54 Å². The predicted molar refractivity (Wildman–Crippen MR) is 104 cm³/mol. The number of para-hydroxylation sites is 1. The van der Waals surface area contributed by atoms with Crippen molar-refractivity contribution in [1.82, 2.24) is 14.0 Å². The van der Waals surface area contributed by atoms with E-state index in [-0.39, 0.29) is 12.1 Å². The van der Waals surface area contributed by atoms with Crippen molar-refractivity contribution < 1.29 is 13.9 Å². The molecule has 0 saturated carbocycles. The number of hydrogen-bond acceptors (Lipinski definition) is 5. The maximum Gasteiger partial charge on any atom is 0.354 e. The zero-order chi connectivity index (χ0) is 19.3. The molecule has 7 nitrogen and oxygen atoms in total. The molecule has 1 aromatic carbocycles. The van der Waals surface area contributed by atoms with Gasteiger partial charge in [-0.2, -0.15) is 0 Å². The van der Waals surface area contributed by atoms with Crippen LogP contribution in [0.3, 0.4) is 0 Å². The molecule has 0 bridgehead atoms. The van der Waals surface area contributed by atoms with Crippen LogP contribution in [0.4, 0.5) is 0 Å². The highest BCUT2D eigenvalue weighted by molar-refractivity contribution is 6.06. The summed E-state index contributed by atoms with van der Waals surface area (Å²) >= 11 is 0. The van der Waals surface area contributed by atoms with Gasteiger partial charge in [-0.3, -0.25) is 9.20 Å². The monoisotopic (exact) mass is 373 g/mol. The van der Waals surface area contributed by atoms with Crippen molar-refractivity contribution in [2.75, 3.05) is 7.11 Å². The lowest BCUT2D eigenvalue weighted by atomic mass is 10.2. The number of aromatic nitrogens is 3. The van der Waals surface area contributed by atoms with E-state index in [1.165, 1.54) is 17.6 Å². The second kappa shape index (κ2) is 6.09. The summed E-state index contributed by atoms with van der Waals surface area (Å²) < 4.78 is 14.1. The van der Waals surface area contributed by atoms with Crippen LogP contribution in [0.25, 0.3) is 27.7 Å². The second-order valence-electron chi connectivity index (χ2n) is 6.43. The number of carbonyl (C=O) groups excluding carboxylic acids is 1. The van der Waals surface area contributed by atoms with Gasteiger partial charge in [-0.1, -0.05) is 18.2 Å². The van der Waals surface area contributed by atoms with E-state index in [4.69, 9.17) is 9.15 Å². The normalized spacial score (nSPS) is 11.5. The number of carbonyl (C=O) groups is 1. The molecule has 0 N–H and O–H groups in total. The Morgan fingerprint density at radius 2 is 1.93 bits per heavy atom. The van der Waals surface area contributed by atoms with Gasteiger partial charge in [0.15, 0.2) is 5.58 Å². The lowest BCUT2D eigenvalue weighted by Gasteiger charge is -2.09. The largest absolute Gasteiger partial charge is 0.464 e. The highest BCUT2D eigenvalue weighted by Gasteiger charge is 2.21. The van der Waals surface area contributed by atoms with Gasteiger partial charge in [-0.15, -0.1) is 0 Å². The Bertz CT molecular complexity index is 1420. The maximum absolute atomic E-state index is 12.4. The molecule has 0 aliphatic rings. The number of rotatable bonds is 3. The Hall–Kier alpha value is -3.87. The number of furan rings is 1. The van der Waals surface area contributed by atoms with Crippen LogP contribution >= 0.6 is 0 Å². The number of methoxy groups -OCH3 is 1. The number of hydrogen-bond donors (Lipinski definition) is 0. The zero-order valence-electron chi connectivity index (χ0n) is 15.0. The van der Waals surface area contributed by atoms with Crippen molar-refractivity contribution in [2.24, 2.45) is 0 Å². The molecule has 0 aliphatic heterocycles. The first kappa shape index (κ1) is 16.3. The van der Waals surface area contributed by atoms with Gasteiger partial charge in [0.1, 0.15) is 16.9 Å². The first-order valence-corrected chi connectivity index (χ1v) is 8.72. The van der Waals surface area contributed by atoms with Gasteiger partial charge >= 0.3 is 5.97 Å². The molecule has 0 unspecified atom stereocenters. The Morgan fingerprint density at radius 3 is 2.79 bits per heavy atom. The molecule has 0 atom stereocenters. The van der Waals surface area contributed by atoms with E-state index >= 15 is 0 Å². The predicted octanol–water partition coefficient (Wildman–Crippen LogP) is 3.23.